The fourth-order valence-corrected chi connectivity index (χ4v) is 2.93. The number of ether oxygens (including phenoxy) is 1. The van der Waals surface area contributed by atoms with Crippen LogP contribution in [0.2, 0.25) is 0 Å². The first-order valence-corrected chi connectivity index (χ1v) is 9.85. The fraction of sp³-hybridized carbons (Fsp3) is 0.478. The Hall–Kier alpha value is -1.80. The summed E-state index contributed by atoms with van der Waals surface area (Å²) in [6.45, 7) is 4.97. The van der Waals surface area contributed by atoms with Gasteiger partial charge in [-0.3, -0.25) is 0 Å². The normalized spacial score (nSPS) is 10.8. The fourth-order valence-electron chi connectivity index (χ4n) is 2.93. The second-order valence-corrected chi connectivity index (χ2v) is 6.68. The van der Waals surface area contributed by atoms with Gasteiger partial charge in [-0.25, -0.2) is 0 Å². The van der Waals surface area contributed by atoms with E-state index in [-0.39, 0.29) is 0 Å². The van der Waals surface area contributed by atoms with Crippen molar-refractivity contribution in [1.29, 1.82) is 0 Å². The molecule has 0 aliphatic carbocycles. The molecule has 2 heteroatoms. The van der Waals surface area contributed by atoms with E-state index >= 15 is 0 Å². The Morgan fingerprint density at radius 1 is 0.800 bits per heavy atom. The lowest BCUT2D eigenvalue weighted by Crippen LogP contribution is -2.16. The molecule has 0 bridgehead atoms. The zero-order chi connectivity index (χ0) is 17.6. The van der Waals surface area contributed by atoms with E-state index in [4.69, 9.17) is 4.74 Å². The Morgan fingerprint density at radius 2 is 1.56 bits per heavy atom. The number of benzene rings is 2. The van der Waals surface area contributed by atoms with Gasteiger partial charge in [0, 0.05) is 6.54 Å². The molecule has 136 valence electrons. The lowest BCUT2D eigenvalue weighted by atomic mass is 10.1. The molecule has 0 saturated carbocycles. The standard InChI is InChI=1S/C23H33NO/c1-2-3-4-5-6-10-18-25-23-15-11-14-22(19-23)20-24-17-16-21-12-8-7-9-13-21/h7-9,11-15,19,24H,2-6,10,16-18,20H2,1H3. The van der Waals surface area contributed by atoms with Crippen molar-refractivity contribution < 1.29 is 4.74 Å². The summed E-state index contributed by atoms with van der Waals surface area (Å²) in [5, 5.41) is 3.52. The molecule has 0 heterocycles. The molecule has 25 heavy (non-hydrogen) atoms. The molecule has 0 unspecified atom stereocenters. The first-order chi connectivity index (χ1) is 12.4. The van der Waals surface area contributed by atoms with Crippen LogP contribution in [-0.4, -0.2) is 13.2 Å². The second kappa shape index (κ2) is 12.5. The van der Waals surface area contributed by atoms with Gasteiger partial charge < -0.3 is 10.1 Å². The molecule has 0 atom stereocenters. The Bertz CT molecular complexity index is 567. The van der Waals surface area contributed by atoms with Crippen LogP contribution in [0.5, 0.6) is 5.75 Å². The van der Waals surface area contributed by atoms with E-state index in [1.165, 1.54) is 43.2 Å². The molecule has 0 aliphatic rings. The second-order valence-electron chi connectivity index (χ2n) is 6.68. The van der Waals surface area contributed by atoms with Gasteiger partial charge in [0.05, 0.1) is 6.61 Å². The minimum Gasteiger partial charge on any atom is -0.494 e. The molecule has 0 amide bonds. The summed E-state index contributed by atoms with van der Waals surface area (Å²) in [4.78, 5) is 0. The van der Waals surface area contributed by atoms with Gasteiger partial charge in [0.1, 0.15) is 5.75 Å². The van der Waals surface area contributed by atoms with Crippen LogP contribution >= 0.6 is 0 Å². The van der Waals surface area contributed by atoms with Crippen molar-refractivity contribution in [3.05, 3.63) is 65.7 Å². The van der Waals surface area contributed by atoms with Gasteiger partial charge in [0.25, 0.3) is 0 Å². The zero-order valence-electron chi connectivity index (χ0n) is 15.7. The number of hydrogen-bond acceptors (Lipinski definition) is 2. The monoisotopic (exact) mass is 339 g/mol. The Morgan fingerprint density at radius 3 is 2.40 bits per heavy atom. The smallest absolute Gasteiger partial charge is 0.119 e. The van der Waals surface area contributed by atoms with Crippen molar-refractivity contribution >= 4 is 0 Å². The average molecular weight is 340 g/mol. The number of nitrogens with one attached hydrogen (secondary N) is 1. The quantitative estimate of drug-likeness (QED) is 0.469. The lowest BCUT2D eigenvalue weighted by Gasteiger charge is -2.09. The first-order valence-electron chi connectivity index (χ1n) is 9.85. The summed E-state index contributed by atoms with van der Waals surface area (Å²) in [7, 11) is 0. The Balaban J connectivity index is 1.60. The van der Waals surface area contributed by atoms with Crippen LogP contribution < -0.4 is 10.1 Å². The van der Waals surface area contributed by atoms with Crippen LogP contribution in [0.3, 0.4) is 0 Å². The van der Waals surface area contributed by atoms with Crippen LogP contribution in [0.1, 0.15) is 56.6 Å². The first kappa shape index (κ1) is 19.5. The minimum atomic E-state index is 0.830. The molecule has 0 saturated heterocycles. The molecule has 0 aliphatic heterocycles. The summed E-state index contributed by atoms with van der Waals surface area (Å²) < 4.78 is 5.90. The van der Waals surface area contributed by atoms with Gasteiger partial charge in [-0.2, -0.15) is 0 Å². The lowest BCUT2D eigenvalue weighted by molar-refractivity contribution is 0.304. The van der Waals surface area contributed by atoms with Crippen molar-refractivity contribution in [1.82, 2.24) is 5.32 Å². The predicted octanol–water partition coefficient (Wildman–Crippen LogP) is 5.76. The Labute approximate surface area is 153 Å². The van der Waals surface area contributed by atoms with Crippen molar-refractivity contribution in [2.24, 2.45) is 0 Å². The summed E-state index contributed by atoms with van der Waals surface area (Å²) in [6.07, 6.45) is 8.87. The van der Waals surface area contributed by atoms with E-state index in [0.717, 1.165) is 38.3 Å². The van der Waals surface area contributed by atoms with E-state index in [1.54, 1.807) is 0 Å². The van der Waals surface area contributed by atoms with Crippen LogP contribution in [0.4, 0.5) is 0 Å². The van der Waals surface area contributed by atoms with Crippen LogP contribution in [0.15, 0.2) is 54.6 Å². The third-order valence-corrected chi connectivity index (χ3v) is 4.43. The highest BCUT2D eigenvalue weighted by atomic mass is 16.5. The molecule has 0 fully saturated rings. The minimum absolute atomic E-state index is 0.830. The third-order valence-electron chi connectivity index (χ3n) is 4.43. The molecule has 2 aromatic carbocycles. The number of rotatable bonds is 13. The molecule has 2 rings (SSSR count). The van der Waals surface area contributed by atoms with Crippen molar-refractivity contribution in [2.75, 3.05) is 13.2 Å². The average Bonchev–Trinajstić information content (AvgIpc) is 2.66. The van der Waals surface area contributed by atoms with E-state index < -0.39 is 0 Å². The van der Waals surface area contributed by atoms with Gasteiger partial charge in [-0.15, -0.1) is 0 Å². The summed E-state index contributed by atoms with van der Waals surface area (Å²) in [5.41, 5.74) is 2.67. The van der Waals surface area contributed by atoms with E-state index in [1.807, 2.05) is 0 Å². The molecule has 2 nitrogen and oxygen atoms in total. The molecule has 0 spiro atoms. The topological polar surface area (TPSA) is 21.3 Å². The maximum atomic E-state index is 5.90. The summed E-state index contributed by atoms with van der Waals surface area (Å²) >= 11 is 0. The molecule has 1 N–H and O–H groups in total. The van der Waals surface area contributed by atoms with Crippen molar-refractivity contribution in [3.8, 4) is 5.75 Å². The molecule has 2 aromatic rings. The SMILES string of the molecule is CCCCCCCCOc1cccc(CNCCc2ccccc2)c1. The molecular formula is C23H33NO. The van der Waals surface area contributed by atoms with E-state index in [0.29, 0.717) is 0 Å². The van der Waals surface area contributed by atoms with Gasteiger partial charge in [0.15, 0.2) is 0 Å². The van der Waals surface area contributed by atoms with Crippen LogP contribution in [-0.2, 0) is 13.0 Å². The van der Waals surface area contributed by atoms with Crippen LogP contribution in [0, 0.1) is 0 Å². The number of unbranched alkanes of at least 4 members (excludes halogenated alkanes) is 5. The summed E-state index contributed by atoms with van der Waals surface area (Å²) in [5.74, 6) is 0.996. The largest absolute Gasteiger partial charge is 0.494 e. The van der Waals surface area contributed by atoms with Crippen molar-refractivity contribution in [2.45, 2.75) is 58.4 Å². The highest BCUT2D eigenvalue weighted by Crippen LogP contribution is 2.14. The van der Waals surface area contributed by atoms with Crippen LogP contribution in [0.25, 0.3) is 0 Å². The van der Waals surface area contributed by atoms with Gasteiger partial charge in [-0.1, -0.05) is 81.5 Å². The molecular weight excluding hydrogens is 306 g/mol. The third kappa shape index (κ3) is 8.74. The Kier molecular flexibility index (Phi) is 9.80. The predicted molar refractivity (Wildman–Crippen MR) is 107 cm³/mol. The van der Waals surface area contributed by atoms with Gasteiger partial charge in [0.2, 0.25) is 0 Å². The van der Waals surface area contributed by atoms with E-state index in [2.05, 4.69) is 66.8 Å². The van der Waals surface area contributed by atoms with Gasteiger partial charge in [-0.05, 0) is 42.6 Å². The summed E-state index contributed by atoms with van der Waals surface area (Å²) in [6, 6.07) is 19.1. The highest BCUT2D eigenvalue weighted by molar-refractivity contribution is 5.28. The highest BCUT2D eigenvalue weighted by Gasteiger charge is 1.98. The zero-order valence-corrected chi connectivity index (χ0v) is 15.7. The molecule has 0 radical (unpaired) electrons. The maximum Gasteiger partial charge on any atom is 0.119 e. The number of hydrogen-bond donors (Lipinski definition) is 1. The van der Waals surface area contributed by atoms with Gasteiger partial charge >= 0.3 is 0 Å². The van der Waals surface area contributed by atoms with Crippen molar-refractivity contribution in [3.63, 3.8) is 0 Å². The van der Waals surface area contributed by atoms with E-state index in [9.17, 15) is 0 Å². The maximum absolute atomic E-state index is 5.90. The molecule has 0 aromatic heterocycles.